The molecule has 0 saturated carbocycles. The van der Waals surface area contributed by atoms with Crippen LogP contribution in [0.25, 0.3) is 0 Å². The number of hydrogen-bond acceptors (Lipinski definition) is 4. The van der Waals surface area contributed by atoms with Gasteiger partial charge in [-0.3, -0.25) is 4.98 Å². The monoisotopic (exact) mass is 332 g/mol. The molecule has 2 aromatic heterocycles. The molecule has 2 heterocycles. The van der Waals surface area contributed by atoms with Crippen LogP contribution in [0.4, 0.5) is 4.79 Å². The molecule has 2 amide bonds. The Hall–Kier alpha value is -1.95. The van der Waals surface area contributed by atoms with Gasteiger partial charge in [-0.1, -0.05) is 13.0 Å². The zero-order valence-electron chi connectivity index (χ0n) is 14.4. The van der Waals surface area contributed by atoms with Crippen molar-refractivity contribution in [3.8, 4) is 0 Å². The van der Waals surface area contributed by atoms with Gasteiger partial charge >= 0.3 is 6.03 Å². The minimum absolute atomic E-state index is 0.00219. The second-order valence-corrected chi connectivity index (χ2v) is 6.74. The largest absolute Gasteiger partial charge is 0.332 e. The number of thiazole rings is 1. The maximum atomic E-state index is 12.4. The average molecular weight is 332 g/mol. The Morgan fingerprint density at radius 2 is 2.17 bits per heavy atom. The number of nitrogens with zero attached hydrogens (tertiary/aromatic N) is 3. The zero-order chi connectivity index (χ0) is 17.0. The summed E-state index contributed by atoms with van der Waals surface area (Å²) in [5.41, 5.74) is 2.98. The molecule has 6 heteroatoms. The smallest absolute Gasteiger partial charge is 0.317 e. The maximum Gasteiger partial charge on any atom is 0.317 e. The Kier molecular flexibility index (Phi) is 5.71. The van der Waals surface area contributed by atoms with Gasteiger partial charge in [0.1, 0.15) is 0 Å². The molecule has 124 valence electrons. The minimum Gasteiger partial charge on any atom is -0.332 e. The molecule has 0 unspecified atom stereocenters. The number of pyridine rings is 1. The first-order valence-electron chi connectivity index (χ1n) is 7.81. The average Bonchev–Trinajstić information content (AvgIpc) is 2.93. The number of amides is 2. The van der Waals surface area contributed by atoms with E-state index >= 15 is 0 Å². The number of carbonyl (C=O) groups is 1. The van der Waals surface area contributed by atoms with Gasteiger partial charge < -0.3 is 10.2 Å². The summed E-state index contributed by atoms with van der Waals surface area (Å²) >= 11 is 1.69. The number of urea groups is 1. The van der Waals surface area contributed by atoms with Crippen LogP contribution in [-0.4, -0.2) is 27.9 Å². The van der Waals surface area contributed by atoms with E-state index in [1.165, 1.54) is 0 Å². The van der Waals surface area contributed by atoms with Gasteiger partial charge in [-0.25, -0.2) is 9.78 Å². The van der Waals surface area contributed by atoms with E-state index in [9.17, 15) is 4.79 Å². The van der Waals surface area contributed by atoms with Crippen molar-refractivity contribution >= 4 is 17.4 Å². The molecule has 0 aliphatic rings. The van der Waals surface area contributed by atoms with Crippen LogP contribution < -0.4 is 5.32 Å². The summed E-state index contributed by atoms with van der Waals surface area (Å²) in [6.45, 7) is 8.56. The highest BCUT2D eigenvalue weighted by molar-refractivity contribution is 7.11. The lowest BCUT2D eigenvalue weighted by atomic mass is 10.2. The van der Waals surface area contributed by atoms with E-state index in [1.807, 2.05) is 40.0 Å². The molecular formula is C17H24N4OS. The molecule has 0 fully saturated rings. The van der Waals surface area contributed by atoms with Crippen LogP contribution >= 0.6 is 11.3 Å². The quantitative estimate of drug-likeness (QED) is 0.910. The Bertz CT molecular complexity index is 683. The van der Waals surface area contributed by atoms with Gasteiger partial charge in [0.05, 0.1) is 29.0 Å². The molecule has 0 bridgehead atoms. The summed E-state index contributed by atoms with van der Waals surface area (Å²) in [6.07, 6.45) is 2.67. The van der Waals surface area contributed by atoms with Crippen LogP contribution in [0, 0.1) is 13.8 Å². The van der Waals surface area contributed by atoms with E-state index < -0.39 is 0 Å². The van der Waals surface area contributed by atoms with Gasteiger partial charge in [-0.2, -0.15) is 0 Å². The zero-order valence-corrected chi connectivity index (χ0v) is 15.2. The Labute approximate surface area is 141 Å². The molecule has 5 nitrogen and oxygen atoms in total. The topological polar surface area (TPSA) is 58.1 Å². The number of aromatic nitrogens is 2. The van der Waals surface area contributed by atoms with Crippen molar-refractivity contribution < 1.29 is 4.79 Å². The maximum absolute atomic E-state index is 12.4. The van der Waals surface area contributed by atoms with E-state index in [0.29, 0.717) is 6.54 Å². The van der Waals surface area contributed by atoms with Crippen LogP contribution in [-0.2, 0) is 13.0 Å². The van der Waals surface area contributed by atoms with Crippen LogP contribution in [0.5, 0.6) is 0 Å². The van der Waals surface area contributed by atoms with E-state index in [4.69, 9.17) is 0 Å². The molecule has 0 aliphatic carbocycles. The van der Waals surface area contributed by atoms with Gasteiger partial charge in [0.15, 0.2) is 0 Å². The van der Waals surface area contributed by atoms with Gasteiger partial charge in [0, 0.05) is 18.1 Å². The summed E-state index contributed by atoms with van der Waals surface area (Å²) in [6, 6.07) is 3.78. The van der Waals surface area contributed by atoms with Crippen molar-refractivity contribution in [3.05, 3.63) is 45.2 Å². The third-order valence-electron chi connectivity index (χ3n) is 3.98. The van der Waals surface area contributed by atoms with Crippen LogP contribution in [0.2, 0.25) is 0 Å². The van der Waals surface area contributed by atoms with E-state index in [0.717, 1.165) is 33.3 Å². The summed E-state index contributed by atoms with van der Waals surface area (Å²) in [7, 11) is 1.82. The van der Waals surface area contributed by atoms with E-state index in [1.54, 1.807) is 22.4 Å². The molecule has 1 N–H and O–H groups in total. The number of nitrogens with one attached hydrogen (secondary N) is 1. The summed E-state index contributed by atoms with van der Waals surface area (Å²) in [4.78, 5) is 24.1. The first-order chi connectivity index (χ1) is 10.9. The first-order valence-corrected chi connectivity index (χ1v) is 8.63. The van der Waals surface area contributed by atoms with Crippen molar-refractivity contribution in [1.82, 2.24) is 20.2 Å². The SMILES string of the molecule is CCc1nc(C)c([C@H](C)N(C)C(=O)NCc2ncccc2C)s1. The lowest BCUT2D eigenvalue weighted by Crippen LogP contribution is -2.38. The number of carbonyl (C=O) groups excluding carboxylic acids is 1. The molecule has 0 spiro atoms. The number of rotatable bonds is 5. The van der Waals surface area contributed by atoms with Crippen LogP contribution in [0.1, 0.15) is 46.7 Å². The number of aryl methyl sites for hydroxylation is 3. The summed E-state index contributed by atoms with van der Waals surface area (Å²) in [5, 5.41) is 4.05. The van der Waals surface area contributed by atoms with Crippen molar-refractivity contribution in [2.75, 3.05) is 7.05 Å². The summed E-state index contributed by atoms with van der Waals surface area (Å²) < 4.78 is 0. The fourth-order valence-corrected chi connectivity index (χ4v) is 3.45. The highest BCUT2D eigenvalue weighted by atomic mass is 32.1. The van der Waals surface area contributed by atoms with Crippen LogP contribution in [0.15, 0.2) is 18.3 Å². The lowest BCUT2D eigenvalue weighted by Gasteiger charge is -2.24. The molecule has 0 aliphatic heterocycles. The van der Waals surface area contributed by atoms with Gasteiger partial charge in [-0.15, -0.1) is 11.3 Å². The fourth-order valence-electron chi connectivity index (χ4n) is 2.34. The minimum atomic E-state index is -0.103. The molecule has 1 atom stereocenters. The predicted octanol–water partition coefficient (Wildman–Crippen LogP) is 3.62. The van der Waals surface area contributed by atoms with Gasteiger partial charge in [0.25, 0.3) is 0 Å². The van der Waals surface area contributed by atoms with Gasteiger partial charge in [0.2, 0.25) is 0 Å². The number of hydrogen-bond donors (Lipinski definition) is 1. The highest BCUT2D eigenvalue weighted by Gasteiger charge is 2.21. The lowest BCUT2D eigenvalue weighted by molar-refractivity contribution is 0.194. The second-order valence-electron chi connectivity index (χ2n) is 5.62. The molecule has 2 aromatic rings. The molecule has 0 aromatic carbocycles. The van der Waals surface area contributed by atoms with Crippen molar-refractivity contribution in [3.63, 3.8) is 0 Å². The second kappa shape index (κ2) is 7.55. The molecule has 23 heavy (non-hydrogen) atoms. The third kappa shape index (κ3) is 4.07. The standard InChI is InChI=1S/C17H24N4OS/c1-6-15-20-12(3)16(23-15)13(4)21(5)17(22)19-10-14-11(2)8-7-9-18-14/h7-9,13H,6,10H2,1-5H3,(H,19,22)/t13-/m0/s1. The van der Waals surface area contributed by atoms with Crippen molar-refractivity contribution in [2.45, 2.75) is 46.7 Å². The Morgan fingerprint density at radius 3 is 2.78 bits per heavy atom. The van der Waals surface area contributed by atoms with Crippen LogP contribution in [0.3, 0.4) is 0 Å². The predicted molar refractivity (Wildman–Crippen MR) is 93.6 cm³/mol. The van der Waals surface area contributed by atoms with Crippen molar-refractivity contribution in [2.24, 2.45) is 0 Å². The normalized spacial score (nSPS) is 12.0. The third-order valence-corrected chi connectivity index (χ3v) is 5.46. The fraction of sp³-hybridized carbons (Fsp3) is 0.471. The molecule has 2 rings (SSSR count). The summed E-state index contributed by atoms with van der Waals surface area (Å²) in [5.74, 6) is 0. The molecule has 0 radical (unpaired) electrons. The van der Waals surface area contributed by atoms with Crippen molar-refractivity contribution in [1.29, 1.82) is 0 Å². The highest BCUT2D eigenvalue weighted by Crippen LogP contribution is 2.28. The first kappa shape index (κ1) is 17.4. The van der Waals surface area contributed by atoms with Gasteiger partial charge in [-0.05, 0) is 38.8 Å². The Morgan fingerprint density at radius 1 is 1.43 bits per heavy atom. The Balaban J connectivity index is 2.01. The molecular weight excluding hydrogens is 308 g/mol. The van der Waals surface area contributed by atoms with E-state index in [2.05, 4.69) is 22.2 Å². The molecule has 0 saturated heterocycles. The van der Waals surface area contributed by atoms with E-state index in [-0.39, 0.29) is 12.1 Å².